The zero-order valence-electron chi connectivity index (χ0n) is 10.4. The van der Waals surface area contributed by atoms with E-state index in [1.807, 2.05) is 35.0 Å². The summed E-state index contributed by atoms with van der Waals surface area (Å²) >= 11 is 0. The van der Waals surface area contributed by atoms with E-state index in [-0.39, 0.29) is 0 Å². The fourth-order valence-electron chi connectivity index (χ4n) is 2.55. The van der Waals surface area contributed by atoms with Crippen molar-refractivity contribution >= 4 is 11.5 Å². The maximum Gasteiger partial charge on any atom is 0.328 e. The van der Waals surface area contributed by atoms with E-state index >= 15 is 0 Å². The zero-order valence-corrected chi connectivity index (χ0v) is 10.4. The van der Waals surface area contributed by atoms with Crippen LogP contribution in [0.3, 0.4) is 0 Å². The van der Waals surface area contributed by atoms with Crippen molar-refractivity contribution in [3.63, 3.8) is 0 Å². The molecule has 3 rings (SSSR count). The van der Waals surface area contributed by atoms with Gasteiger partial charge in [0.05, 0.1) is 17.6 Å². The number of aromatic nitrogens is 2. The van der Waals surface area contributed by atoms with Crippen molar-refractivity contribution in [1.29, 1.82) is 0 Å². The normalized spacial score (nSPS) is 16.3. The second-order valence-electron chi connectivity index (χ2n) is 4.61. The molecule has 1 aliphatic carbocycles. The van der Waals surface area contributed by atoms with Crippen molar-refractivity contribution in [2.75, 3.05) is 0 Å². The minimum Gasteiger partial charge on any atom is -0.478 e. The Morgan fingerprint density at radius 2 is 2.05 bits per heavy atom. The fourth-order valence-corrected chi connectivity index (χ4v) is 2.55. The summed E-state index contributed by atoms with van der Waals surface area (Å²) in [4.78, 5) is 10.9. The Labute approximate surface area is 111 Å². The van der Waals surface area contributed by atoms with Crippen LogP contribution >= 0.6 is 0 Å². The number of para-hydroxylation sites is 1. The van der Waals surface area contributed by atoms with Gasteiger partial charge in [-0.25, -0.2) is 9.48 Å². The van der Waals surface area contributed by atoms with Gasteiger partial charge in [0.2, 0.25) is 0 Å². The van der Waals surface area contributed by atoms with Gasteiger partial charge in [-0.15, -0.1) is 0 Å². The van der Waals surface area contributed by atoms with E-state index in [0.29, 0.717) is 0 Å². The second kappa shape index (κ2) is 4.72. The standard InChI is InChI=1S/C15H14N2O2/c18-15(19)9-11-5-4-8-14-13(11)10-16-17(14)12-6-2-1-3-7-12/h1-3,6-7,9-10H,4-5,8H2,(H,18,19). The maximum absolute atomic E-state index is 10.9. The minimum atomic E-state index is -0.893. The predicted molar refractivity (Wildman–Crippen MR) is 72.1 cm³/mol. The van der Waals surface area contributed by atoms with Crippen LogP contribution in [0.15, 0.2) is 42.6 Å². The highest BCUT2D eigenvalue weighted by Crippen LogP contribution is 2.31. The lowest BCUT2D eigenvalue weighted by Crippen LogP contribution is -2.08. The molecule has 0 amide bonds. The third kappa shape index (κ3) is 2.17. The van der Waals surface area contributed by atoms with E-state index in [0.717, 1.165) is 41.8 Å². The molecule has 1 aromatic heterocycles. The third-order valence-electron chi connectivity index (χ3n) is 3.37. The van der Waals surface area contributed by atoms with E-state index in [4.69, 9.17) is 5.11 Å². The predicted octanol–water partition coefficient (Wildman–Crippen LogP) is 2.68. The number of aliphatic carboxylic acids is 1. The second-order valence-corrected chi connectivity index (χ2v) is 4.61. The van der Waals surface area contributed by atoms with Crippen molar-refractivity contribution in [1.82, 2.24) is 9.78 Å². The summed E-state index contributed by atoms with van der Waals surface area (Å²) in [6, 6.07) is 9.92. The molecule has 1 heterocycles. The molecule has 1 aliphatic rings. The minimum absolute atomic E-state index is 0.805. The molecule has 0 aliphatic heterocycles. The SMILES string of the molecule is O=C(O)C=C1CCCc2c1cnn2-c1ccccc1. The van der Waals surface area contributed by atoms with Gasteiger partial charge in [0.25, 0.3) is 0 Å². The summed E-state index contributed by atoms with van der Waals surface area (Å²) in [5.41, 5.74) is 3.96. The van der Waals surface area contributed by atoms with Gasteiger partial charge in [-0.3, -0.25) is 0 Å². The first-order valence-electron chi connectivity index (χ1n) is 6.32. The number of rotatable bonds is 2. The molecule has 0 radical (unpaired) electrons. The first kappa shape index (κ1) is 11.7. The molecule has 19 heavy (non-hydrogen) atoms. The Morgan fingerprint density at radius 3 is 2.79 bits per heavy atom. The molecule has 0 saturated heterocycles. The molecule has 1 N–H and O–H groups in total. The van der Waals surface area contributed by atoms with Crippen LogP contribution in [0.2, 0.25) is 0 Å². The van der Waals surface area contributed by atoms with Crippen LogP contribution in [0.1, 0.15) is 24.1 Å². The summed E-state index contributed by atoms with van der Waals surface area (Å²) in [5, 5.41) is 13.3. The van der Waals surface area contributed by atoms with Gasteiger partial charge >= 0.3 is 5.97 Å². The van der Waals surface area contributed by atoms with Crippen molar-refractivity contribution in [2.24, 2.45) is 0 Å². The van der Waals surface area contributed by atoms with E-state index in [2.05, 4.69) is 5.10 Å². The lowest BCUT2D eigenvalue weighted by molar-refractivity contribution is -0.131. The number of benzene rings is 1. The molecule has 0 saturated carbocycles. The molecule has 0 unspecified atom stereocenters. The van der Waals surface area contributed by atoms with Crippen molar-refractivity contribution < 1.29 is 9.90 Å². The van der Waals surface area contributed by atoms with Crippen LogP contribution in [-0.4, -0.2) is 20.9 Å². The van der Waals surface area contributed by atoms with Crippen molar-refractivity contribution in [2.45, 2.75) is 19.3 Å². The average Bonchev–Trinajstić information content (AvgIpc) is 2.84. The molecule has 4 heteroatoms. The van der Waals surface area contributed by atoms with E-state index in [9.17, 15) is 4.79 Å². The largest absolute Gasteiger partial charge is 0.478 e. The van der Waals surface area contributed by atoms with Gasteiger partial charge in [0, 0.05) is 11.6 Å². The summed E-state index contributed by atoms with van der Waals surface area (Å²) in [6.45, 7) is 0. The monoisotopic (exact) mass is 254 g/mol. The van der Waals surface area contributed by atoms with Gasteiger partial charge < -0.3 is 5.11 Å². The molecule has 2 aromatic rings. The van der Waals surface area contributed by atoms with Crippen LogP contribution in [0.4, 0.5) is 0 Å². The Hall–Kier alpha value is -2.36. The number of allylic oxidation sites excluding steroid dienone is 1. The third-order valence-corrected chi connectivity index (χ3v) is 3.37. The number of hydrogen-bond acceptors (Lipinski definition) is 2. The summed E-state index contributed by atoms with van der Waals surface area (Å²) in [5.74, 6) is -0.893. The van der Waals surface area contributed by atoms with E-state index in [1.54, 1.807) is 6.20 Å². The lowest BCUT2D eigenvalue weighted by atomic mass is 9.92. The van der Waals surface area contributed by atoms with E-state index < -0.39 is 5.97 Å². The van der Waals surface area contributed by atoms with Gasteiger partial charge in [-0.05, 0) is 37.0 Å². The summed E-state index contributed by atoms with van der Waals surface area (Å²) in [7, 11) is 0. The first-order valence-corrected chi connectivity index (χ1v) is 6.32. The van der Waals surface area contributed by atoms with Crippen LogP contribution in [0.5, 0.6) is 0 Å². The lowest BCUT2D eigenvalue weighted by Gasteiger charge is -2.16. The molecular weight excluding hydrogens is 240 g/mol. The van der Waals surface area contributed by atoms with Crippen molar-refractivity contribution in [3.8, 4) is 5.69 Å². The molecule has 4 nitrogen and oxygen atoms in total. The van der Waals surface area contributed by atoms with Gasteiger partial charge in [0.15, 0.2) is 0 Å². The number of carboxylic acid groups (broad SMARTS) is 1. The first-order chi connectivity index (χ1) is 9.25. The fraction of sp³-hybridized carbons (Fsp3) is 0.200. The van der Waals surface area contributed by atoms with Crippen LogP contribution < -0.4 is 0 Å². The van der Waals surface area contributed by atoms with Gasteiger partial charge in [0.1, 0.15) is 0 Å². The Bertz CT molecular complexity index is 641. The molecule has 1 aromatic carbocycles. The van der Waals surface area contributed by atoms with Crippen LogP contribution in [0, 0.1) is 0 Å². The van der Waals surface area contributed by atoms with Crippen molar-refractivity contribution in [3.05, 3.63) is 53.9 Å². The summed E-state index contributed by atoms with van der Waals surface area (Å²) in [6.07, 6.45) is 5.77. The molecular formula is C15H14N2O2. The van der Waals surface area contributed by atoms with Crippen LogP contribution in [0.25, 0.3) is 11.3 Å². The maximum atomic E-state index is 10.9. The van der Waals surface area contributed by atoms with Gasteiger partial charge in [-0.2, -0.15) is 5.10 Å². The topological polar surface area (TPSA) is 55.1 Å². The zero-order chi connectivity index (χ0) is 13.2. The number of nitrogens with zero attached hydrogens (tertiary/aromatic N) is 2. The highest BCUT2D eigenvalue weighted by Gasteiger charge is 2.20. The van der Waals surface area contributed by atoms with Crippen LogP contribution in [-0.2, 0) is 11.2 Å². The number of fused-ring (bicyclic) bond motifs is 1. The summed E-state index contributed by atoms with van der Waals surface area (Å²) < 4.78 is 1.91. The highest BCUT2D eigenvalue weighted by atomic mass is 16.4. The molecule has 96 valence electrons. The molecule has 0 atom stereocenters. The number of hydrogen-bond donors (Lipinski definition) is 1. The molecule has 0 spiro atoms. The molecule has 0 bridgehead atoms. The highest BCUT2D eigenvalue weighted by molar-refractivity contribution is 5.90. The number of carboxylic acids is 1. The Morgan fingerprint density at radius 1 is 1.26 bits per heavy atom. The quantitative estimate of drug-likeness (QED) is 0.838. The average molecular weight is 254 g/mol. The Kier molecular flexibility index (Phi) is 2.91. The smallest absolute Gasteiger partial charge is 0.328 e. The Balaban J connectivity index is 2.09. The van der Waals surface area contributed by atoms with E-state index in [1.165, 1.54) is 6.08 Å². The molecule has 0 fully saturated rings. The number of carbonyl (C=O) groups is 1. The van der Waals surface area contributed by atoms with Gasteiger partial charge in [-0.1, -0.05) is 18.2 Å².